The average molecular weight is 481 g/mol. The van der Waals surface area contributed by atoms with Crippen molar-refractivity contribution in [3.05, 3.63) is 81.8 Å². The molecule has 0 nitrogen and oxygen atoms in total. The molecule has 0 aliphatic heterocycles. The third-order valence-corrected chi connectivity index (χ3v) is 7.65. The van der Waals surface area contributed by atoms with Crippen LogP contribution in [0.1, 0.15) is 96.4 Å². The van der Waals surface area contributed by atoms with E-state index >= 15 is 0 Å². The van der Waals surface area contributed by atoms with E-state index < -0.39 is 0 Å². The van der Waals surface area contributed by atoms with E-state index in [1.807, 2.05) is 11.3 Å². The average Bonchev–Trinajstić information content (AvgIpc) is 3.03. The van der Waals surface area contributed by atoms with Crippen LogP contribution in [0.3, 0.4) is 0 Å². The molecule has 2 heteroatoms. The summed E-state index contributed by atoms with van der Waals surface area (Å²) in [6.07, 6.45) is 29.5. The molecule has 2 aliphatic carbocycles. The largest absolute Gasteiger partial charge is 0.133 e. The van der Waals surface area contributed by atoms with Gasteiger partial charge < -0.3 is 0 Å². The highest BCUT2D eigenvalue weighted by molar-refractivity contribution is 7.82. The third-order valence-electron chi connectivity index (χ3n) is 6.25. The van der Waals surface area contributed by atoms with Crippen LogP contribution in [0, 0.1) is 5.92 Å². The van der Waals surface area contributed by atoms with Gasteiger partial charge >= 0.3 is 0 Å². The summed E-state index contributed by atoms with van der Waals surface area (Å²) in [5.74, 6) is 0.416. The monoisotopic (exact) mass is 480 g/mol. The van der Waals surface area contributed by atoms with Gasteiger partial charge in [-0.2, -0.15) is 0 Å². The highest BCUT2D eigenvalue weighted by Crippen LogP contribution is 2.43. The zero-order valence-corrected chi connectivity index (χ0v) is 23.2. The van der Waals surface area contributed by atoms with Crippen molar-refractivity contribution in [1.29, 1.82) is 0 Å². The summed E-state index contributed by atoms with van der Waals surface area (Å²) in [7, 11) is 0. The Hall–Kier alpha value is -1.51. The Morgan fingerprint density at radius 2 is 1.76 bits per heavy atom. The molecule has 1 unspecified atom stereocenters. The first-order chi connectivity index (χ1) is 16.0. The molecule has 1 aromatic rings. The lowest BCUT2D eigenvalue weighted by molar-refractivity contribution is 0.667. The van der Waals surface area contributed by atoms with Gasteiger partial charge in [0.2, 0.25) is 0 Å². The Kier molecular flexibility index (Phi) is 12.9. The summed E-state index contributed by atoms with van der Waals surface area (Å²) >= 11 is 6.58. The molecule has 33 heavy (non-hydrogen) atoms. The molecule has 0 fully saturated rings. The maximum atomic E-state index is 4.74. The summed E-state index contributed by atoms with van der Waals surface area (Å²) < 4.78 is 1.12. The predicted octanol–water partition coefficient (Wildman–Crippen LogP) is 10.7. The highest BCUT2D eigenvalue weighted by atomic mass is 32.2. The molecule has 2 aliphatic rings. The number of allylic oxidation sites excluding steroid dienone is 12. The van der Waals surface area contributed by atoms with E-state index in [2.05, 4.69) is 89.3 Å². The van der Waals surface area contributed by atoms with E-state index in [0.29, 0.717) is 5.92 Å². The number of thiol groups is 1. The minimum absolute atomic E-state index is 0.416. The predicted molar refractivity (Wildman–Crippen MR) is 155 cm³/mol. The van der Waals surface area contributed by atoms with Gasteiger partial charge in [0.25, 0.3) is 0 Å². The molecule has 0 N–H and O–H groups in total. The molecule has 0 saturated carbocycles. The number of aryl methyl sites for hydroxylation is 1. The van der Waals surface area contributed by atoms with Gasteiger partial charge in [-0.1, -0.05) is 115 Å². The molecule has 0 amide bonds. The van der Waals surface area contributed by atoms with Crippen LogP contribution in [-0.2, 0) is 6.42 Å². The molecule has 0 spiro atoms. The molecule has 0 aromatic carbocycles. The number of unbranched alkanes of at least 4 members (excludes halogenated alkanes) is 5. The minimum Gasteiger partial charge on any atom is -0.133 e. The Bertz CT molecular complexity index is 913. The number of rotatable bonds is 9. The Balaban J connectivity index is 0.000000696. The first kappa shape index (κ1) is 27.7. The van der Waals surface area contributed by atoms with E-state index in [4.69, 9.17) is 12.6 Å². The molecule has 1 heterocycles. The normalized spacial score (nSPS) is 18.9. The Morgan fingerprint density at radius 3 is 2.42 bits per heavy atom. The molecular weight excluding hydrogens is 436 g/mol. The van der Waals surface area contributed by atoms with Gasteiger partial charge in [0.05, 0.1) is 4.21 Å². The van der Waals surface area contributed by atoms with Gasteiger partial charge in [0.1, 0.15) is 0 Å². The fourth-order valence-electron chi connectivity index (χ4n) is 4.28. The van der Waals surface area contributed by atoms with Crippen LogP contribution in [0.25, 0.3) is 5.57 Å². The van der Waals surface area contributed by atoms with E-state index in [-0.39, 0.29) is 0 Å². The van der Waals surface area contributed by atoms with Crippen molar-refractivity contribution in [3.8, 4) is 0 Å². The summed E-state index contributed by atoms with van der Waals surface area (Å²) in [5, 5.41) is 0. The van der Waals surface area contributed by atoms with Gasteiger partial charge in [-0.15, -0.1) is 24.0 Å². The number of hydrogen-bond donors (Lipinski definition) is 1. The molecule has 0 saturated heterocycles. The van der Waals surface area contributed by atoms with Crippen LogP contribution >= 0.6 is 24.0 Å². The van der Waals surface area contributed by atoms with E-state index in [1.165, 1.54) is 77.7 Å². The summed E-state index contributed by atoms with van der Waals surface area (Å²) in [5.41, 5.74) is 7.02. The van der Waals surface area contributed by atoms with E-state index in [1.54, 1.807) is 0 Å². The molecule has 1 aromatic heterocycles. The molecule has 0 bridgehead atoms. The Morgan fingerprint density at radius 1 is 1.00 bits per heavy atom. The van der Waals surface area contributed by atoms with Crippen LogP contribution in [-0.4, -0.2) is 0 Å². The summed E-state index contributed by atoms with van der Waals surface area (Å²) in [4.78, 5) is 1.41. The van der Waals surface area contributed by atoms with Crippen molar-refractivity contribution in [3.63, 3.8) is 0 Å². The lowest BCUT2D eigenvalue weighted by atomic mass is 9.84. The third kappa shape index (κ3) is 8.65. The van der Waals surface area contributed by atoms with Crippen LogP contribution in [0.4, 0.5) is 0 Å². The van der Waals surface area contributed by atoms with Crippen LogP contribution in [0.2, 0.25) is 0 Å². The van der Waals surface area contributed by atoms with Crippen molar-refractivity contribution in [1.82, 2.24) is 0 Å². The maximum absolute atomic E-state index is 4.74. The fraction of sp³-hybridized carbons (Fsp3) is 0.484. The van der Waals surface area contributed by atoms with Crippen molar-refractivity contribution in [2.75, 3.05) is 0 Å². The number of hydrogen-bond acceptors (Lipinski definition) is 2. The molecule has 3 rings (SSSR count). The second kappa shape index (κ2) is 15.4. The minimum atomic E-state index is 0.416. The van der Waals surface area contributed by atoms with Crippen LogP contribution in [0.15, 0.2) is 75.6 Å². The second-order valence-electron chi connectivity index (χ2n) is 9.10. The smallest absolute Gasteiger partial charge is 0.0577 e. The SMILES string of the molecule is CCCCC.CCCCCCc1cc(S)sc1/C(C1=CC=CCC=C1C)=C1\C=CC=CC1C. The van der Waals surface area contributed by atoms with Crippen molar-refractivity contribution in [2.24, 2.45) is 5.92 Å². The van der Waals surface area contributed by atoms with E-state index in [9.17, 15) is 0 Å². The highest BCUT2D eigenvalue weighted by Gasteiger charge is 2.22. The zero-order chi connectivity index (χ0) is 24.1. The van der Waals surface area contributed by atoms with Gasteiger partial charge in [-0.05, 0) is 60.5 Å². The first-order valence-electron chi connectivity index (χ1n) is 13.0. The van der Waals surface area contributed by atoms with Gasteiger partial charge in [0.15, 0.2) is 0 Å². The molecule has 1 atom stereocenters. The Labute approximate surface area is 213 Å². The summed E-state index contributed by atoms with van der Waals surface area (Å²) in [6, 6.07) is 2.30. The van der Waals surface area contributed by atoms with Gasteiger partial charge in [-0.25, -0.2) is 0 Å². The molecule has 180 valence electrons. The fourth-order valence-corrected chi connectivity index (χ4v) is 5.74. The second-order valence-corrected chi connectivity index (χ2v) is 10.9. The summed E-state index contributed by atoms with van der Waals surface area (Å²) in [6.45, 7) is 11.3. The van der Waals surface area contributed by atoms with Crippen molar-refractivity contribution in [2.45, 2.75) is 96.6 Å². The lowest BCUT2D eigenvalue weighted by Gasteiger charge is -2.22. The quantitative estimate of drug-likeness (QED) is 0.264. The van der Waals surface area contributed by atoms with Crippen molar-refractivity contribution < 1.29 is 0 Å². The van der Waals surface area contributed by atoms with Crippen LogP contribution < -0.4 is 0 Å². The molecular formula is C31H44S2. The maximum Gasteiger partial charge on any atom is 0.0577 e. The lowest BCUT2D eigenvalue weighted by Crippen LogP contribution is -2.04. The standard InChI is InChI=1S/C26H32S2.C5H12/c1-4-5-6-9-15-21-18-24(27)28-26(21)25(23-17-12-11-14-20(23)3)22-16-10-7-8-13-19(22)2;1-3-5-4-2/h7,10-14,16-18,20,27H,4-6,8-9,15H2,1-3H3;3-5H2,1-2H3/b25-23+;. The van der Waals surface area contributed by atoms with Gasteiger partial charge in [-0.3, -0.25) is 0 Å². The first-order valence-corrected chi connectivity index (χ1v) is 14.2. The molecule has 0 radical (unpaired) electrons. The topological polar surface area (TPSA) is 0 Å². The zero-order valence-electron chi connectivity index (χ0n) is 21.5. The van der Waals surface area contributed by atoms with Crippen LogP contribution in [0.5, 0.6) is 0 Å². The van der Waals surface area contributed by atoms with E-state index in [0.717, 1.165) is 17.1 Å². The van der Waals surface area contributed by atoms with Crippen molar-refractivity contribution >= 4 is 29.5 Å². The number of thiophene rings is 1. The van der Waals surface area contributed by atoms with Gasteiger partial charge in [0, 0.05) is 10.5 Å².